The molecule has 0 spiro atoms. The van der Waals surface area contributed by atoms with Crippen molar-refractivity contribution in [2.24, 2.45) is 16.6 Å². The van der Waals surface area contributed by atoms with Gasteiger partial charge in [0.1, 0.15) is 0 Å². The van der Waals surface area contributed by atoms with Gasteiger partial charge in [-0.25, -0.2) is 0 Å². The summed E-state index contributed by atoms with van der Waals surface area (Å²) in [5.41, 5.74) is 5.81. The van der Waals surface area contributed by atoms with Crippen LogP contribution < -0.4 is 5.73 Å². The minimum absolute atomic E-state index is 0.480. The SMILES string of the molecule is CCC(CC)C(CN=C(N)N(C)C)N(C)C. The molecule has 0 aliphatic heterocycles. The predicted molar refractivity (Wildman–Crippen MR) is 71.7 cm³/mol. The lowest BCUT2D eigenvalue weighted by Crippen LogP contribution is -2.39. The summed E-state index contributed by atoms with van der Waals surface area (Å²) in [6.07, 6.45) is 2.38. The van der Waals surface area contributed by atoms with E-state index >= 15 is 0 Å². The molecule has 1 unspecified atom stereocenters. The fourth-order valence-corrected chi connectivity index (χ4v) is 1.90. The molecule has 0 aromatic heterocycles. The molecule has 0 aliphatic rings. The number of rotatable bonds is 6. The average molecular weight is 228 g/mol. The highest BCUT2D eigenvalue weighted by Crippen LogP contribution is 2.17. The van der Waals surface area contributed by atoms with E-state index in [1.165, 1.54) is 12.8 Å². The molecule has 0 aromatic carbocycles. The number of likely N-dealkylation sites (N-methyl/N-ethyl adjacent to an activating group) is 1. The first-order chi connectivity index (χ1) is 7.43. The van der Waals surface area contributed by atoms with E-state index in [1.807, 2.05) is 19.0 Å². The van der Waals surface area contributed by atoms with Crippen LogP contribution in [0.3, 0.4) is 0 Å². The van der Waals surface area contributed by atoms with E-state index in [2.05, 4.69) is 37.8 Å². The van der Waals surface area contributed by atoms with Gasteiger partial charge in [-0.15, -0.1) is 0 Å². The van der Waals surface area contributed by atoms with Crippen molar-refractivity contribution in [3.8, 4) is 0 Å². The Balaban J connectivity index is 4.51. The van der Waals surface area contributed by atoms with Crippen LogP contribution in [0.25, 0.3) is 0 Å². The molecule has 0 rings (SSSR count). The minimum Gasteiger partial charge on any atom is -0.370 e. The molecular weight excluding hydrogens is 200 g/mol. The summed E-state index contributed by atoms with van der Waals surface area (Å²) in [6, 6.07) is 0.480. The van der Waals surface area contributed by atoms with Gasteiger partial charge in [-0.1, -0.05) is 26.7 Å². The predicted octanol–water partition coefficient (Wildman–Crippen LogP) is 1.23. The lowest BCUT2D eigenvalue weighted by atomic mass is 9.93. The normalized spacial score (nSPS) is 14.6. The molecule has 0 aromatic rings. The average Bonchev–Trinajstić information content (AvgIpc) is 2.22. The lowest BCUT2D eigenvalue weighted by molar-refractivity contribution is 0.206. The molecule has 0 fully saturated rings. The second-order valence-corrected chi connectivity index (χ2v) is 4.70. The molecule has 0 radical (unpaired) electrons. The summed E-state index contributed by atoms with van der Waals surface area (Å²) in [5.74, 6) is 1.30. The standard InChI is InChI=1S/C12H28N4/c1-7-10(8-2)11(15(3)4)9-14-12(13)16(5)6/h10-11H,7-9H2,1-6H3,(H2,13,14). The van der Waals surface area contributed by atoms with Crippen LogP contribution in [0.2, 0.25) is 0 Å². The Morgan fingerprint density at radius 3 is 1.94 bits per heavy atom. The molecule has 0 heterocycles. The molecule has 0 saturated heterocycles. The van der Waals surface area contributed by atoms with Crippen LogP contribution in [0.4, 0.5) is 0 Å². The molecule has 0 saturated carbocycles. The first kappa shape index (κ1) is 15.2. The molecule has 0 amide bonds. The Bertz CT molecular complexity index is 207. The highest BCUT2D eigenvalue weighted by Gasteiger charge is 2.20. The van der Waals surface area contributed by atoms with E-state index in [4.69, 9.17) is 5.73 Å². The number of guanidine groups is 1. The maximum absolute atomic E-state index is 5.81. The minimum atomic E-state index is 0.480. The van der Waals surface area contributed by atoms with E-state index in [-0.39, 0.29) is 0 Å². The molecule has 4 heteroatoms. The van der Waals surface area contributed by atoms with Gasteiger partial charge >= 0.3 is 0 Å². The van der Waals surface area contributed by atoms with E-state index in [0.29, 0.717) is 17.9 Å². The lowest BCUT2D eigenvalue weighted by Gasteiger charge is -2.30. The summed E-state index contributed by atoms with van der Waals surface area (Å²) in [6.45, 7) is 5.26. The van der Waals surface area contributed by atoms with Crippen molar-refractivity contribution >= 4 is 5.96 Å². The number of aliphatic imine (C=N–C) groups is 1. The molecule has 96 valence electrons. The zero-order valence-electron chi connectivity index (χ0n) is 11.7. The van der Waals surface area contributed by atoms with Crippen LogP contribution in [0.5, 0.6) is 0 Å². The van der Waals surface area contributed by atoms with Gasteiger partial charge in [0.05, 0.1) is 6.54 Å². The molecule has 1 atom stereocenters. The van der Waals surface area contributed by atoms with Gasteiger partial charge < -0.3 is 15.5 Å². The maximum atomic E-state index is 5.81. The van der Waals surface area contributed by atoms with Crippen molar-refractivity contribution in [1.29, 1.82) is 0 Å². The smallest absolute Gasteiger partial charge is 0.190 e. The van der Waals surface area contributed by atoms with Gasteiger partial charge in [0, 0.05) is 20.1 Å². The van der Waals surface area contributed by atoms with Crippen molar-refractivity contribution in [1.82, 2.24) is 9.80 Å². The highest BCUT2D eigenvalue weighted by molar-refractivity contribution is 5.77. The van der Waals surface area contributed by atoms with Crippen molar-refractivity contribution in [3.63, 3.8) is 0 Å². The van der Waals surface area contributed by atoms with E-state index in [9.17, 15) is 0 Å². The zero-order chi connectivity index (χ0) is 12.7. The Morgan fingerprint density at radius 1 is 1.12 bits per heavy atom. The molecule has 0 bridgehead atoms. The molecule has 2 N–H and O–H groups in total. The second kappa shape index (κ2) is 7.49. The fourth-order valence-electron chi connectivity index (χ4n) is 1.90. The van der Waals surface area contributed by atoms with Crippen LogP contribution in [0, 0.1) is 5.92 Å². The van der Waals surface area contributed by atoms with Gasteiger partial charge in [0.2, 0.25) is 0 Å². The third kappa shape index (κ3) is 4.84. The Labute approximate surface area is 101 Å². The summed E-state index contributed by atoms with van der Waals surface area (Å²) < 4.78 is 0. The number of hydrogen-bond acceptors (Lipinski definition) is 2. The van der Waals surface area contributed by atoms with Crippen LogP contribution in [-0.2, 0) is 0 Å². The topological polar surface area (TPSA) is 44.9 Å². The van der Waals surface area contributed by atoms with Gasteiger partial charge in [-0.2, -0.15) is 0 Å². The number of hydrogen-bond donors (Lipinski definition) is 1. The van der Waals surface area contributed by atoms with Crippen molar-refractivity contribution < 1.29 is 0 Å². The van der Waals surface area contributed by atoms with E-state index in [1.54, 1.807) is 0 Å². The Hall–Kier alpha value is -0.770. The molecular formula is C12H28N4. The Morgan fingerprint density at radius 2 is 1.62 bits per heavy atom. The number of nitrogens with zero attached hydrogens (tertiary/aromatic N) is 3. The van der Waals surface area contributed by atoms with E-state index in [0.717, 1.165) is 6.54 Å². The third-order valence-electron chi connectivity index (χ3n) is 3.15. The molecule has 0 aliphatic carbocycles. The zero-order valence-corrected chi connectivity index (χ0v) is 11.7. The van der Waals surface area contributed by atoms with Crippen molar-refractivity contribution in [3.05, 3.63) is 0 Å². The first-order valence-corrected chi connectivity index (χ1v) is 6.07. The largest absolute Gasteiger partial charge is 0.370 e. The van der Waals surface area contributed by atoms with Crippen molar-refractivity contribution in [2.45, 2.75) is 32.7 Å². The van der Waals surface area contributed by atoms with Gasteiger partial charge in [-0.3, -0.25) is 4.99 Å². The second-order valence-electron chi connectivity index (χ2n) is 4.70. The van der Waals surface area contributed by atoms with Crippen molar-refractivity contribution in [2.75, 3.05) is 34.7 Å². The monoisotopic (exact) mass is 228 g/mol. The summed E-state index contributed by atoms with van der Waals surface area (Å²) >= 11 is 0. The van der Waals surface area contributed by atoms with Gasteiger partial charge in [0.25, 0.3) is 0 Å². The summed E-state index contributed by atoms with van der Waals surface area (Å²) in [5, 5.41) is 0. The highest BCUT2D eigenvalue weighted by atomic mass is 15.2. The quantitative estimate of drug-likeness (QED) is 0.549. The third-order valence-corrected chi connectivity index (χ3v) is 3.15. The number of nitrogens with two attached hydrogens (primary N) is 1. The van der Waals surface area contributed by atoms with Crippen LogP contribution in [-0.4, -0.2) is 56.5 Å². The van der Waals surface area contributed by atoms with Gasteiger partial charge in [0.15, 0.2) is 5.96 Å². The Kier molecular flexibility index (Phi) is 7.13. The first-order valence-electron chi connectivity index (χ1n) is 6.07. The summed E-state index contributed by atoms with van der Waals surface area (Å²) in [4.78, 5) is 8.54. The van der Waals surface area contributed by atoms with E-state index < -0.39 is 0 Å². The maximum Gasteiger partial charge on any atom is 0.190 e. The molecule has 16 heavy (non-hydrogen) atoms. The van der Waals surface area contributed by atoms with Gasteiger partial charge in [-0.05, 0) is 20.0 Å². The molecule has 4 nitrogen and oxygen atoms in total. The van der Waals surface area contributed by atoms with Crippen LogP contribution in [0.1, 0.15) is 26.7 Å². The summed E-state index contributed by atoms with van der Waals surface area (Å²) in [7, 11) is 8.07. The van der Waals surface area contributed by atoms with Crippen LogP contribution >= 0.6 is 0 Å². The van der Waals surface area contributed by atoms with Crippen LogP contribution in [0.15, 0.2) is 4.99 Å². The fraction of sp³-hybridized carbons (Fsp3) is 0.917.